The summed E-state index contributed by atoms with van der Waals surface area (Å²) >= 11 is 0. The van der Waals surface area contributed by atoms with Crippen molar-refractivity contribution in [3.05, 3.63) is 66.4 Å². The van der Waals surface area contributed by atoms with E-state index in [1.54, 1.807) is 38.6 Å². The van der Waals surface area contributed by atoms with Gasteiger partial charge in [-0.1, -0.05) is 18.2 Å². The molecule has 0 atom stereocenters. The summed E-state index contributed by atoms with van der Waals surface area (Å²) in [5.74, 6) is 1.02. The number of allylic oxidation sites excluding steroid dienone is 1. The van der Waals surface area contributed by atoms with Crippen LogP contribution in [0.1, 0.15) is 10.4 Å². The minimum absolute atomic E-state index is 0.112. The number of carbonyl (C=O) groups excluding carboxylic acids is 1. The Balaban J connectivity index is 2.06. The summed E-state index contributed by atoms with van der Waals surface area (Å²) in [6.07, 6.45) is 3.10. The lowest BCUT2D eigenvalue weighted by molar-refractivity contribution is 0.104. The van der Waals surface area contributed by atoms with E-state index in [2.05, 4.69) is 5.32 Å². The van der Waals surface area contributed by atoms with Crippen molar-refractivity contribution in [1.82, 2.24) is 0 Å². The van der Waals surface area contributed by atoms with Crippen molar-refractivity contribution in [1.29, 1.82) is 0 Å². The van der Waals surface area contributed by atoms with Crippen molar-refractivity contribution in [2.45, 2.75) is 0 Å². The fourth-order valence-electron chi connectivity index (χ4n) is 1.83. The molecule has 1 N–H and O–H groups in total. The molecule has 2 aromatic rings. The van der Waals surface area contributed by atoms with Crippen molar-refractivity contribution < 1.29 is 14.3 Å². The molecule has 0 saturated heterocycles. The topological polar surface area (TPSA) is 47.6 Å². The Kier molecular flexibility index (Phi) is 4.99. The van der Waals surface area contributed by atoms with Crippen molar-refractivity contribution in [2.24, 2.45) is 0 Å². The van der Waals surface area contributed by atoms with Crippen LogP contribution in [0.25, 0.3) is 0 Å². The van der Waals surface area contributed by atoms with Crippen LogP contribution < -0.4 is 14.8 Å². The summed E-state index contributed by atoms with van der Waals surface area (Å²) in [7, 11) is 3.10. The van der Waals surface area contributed by atoms with Crippen molar-refractivity contribution >= 4 is 11.5 Å². The lowest BCUT2D eigenvalue weighted by Gasteiger charge is -2.08. The van der Waals surface area contributed by atoms with Gasteiger partial charge in [0.25, 0.3) is 0 Å². The van der Waals surface area contributed by atoms with Crippen LogP contribution in [0.4, 0.5) is 5.69 Å². The number of benzene rings is 2. The first-order valence-electron chi connectivity index (χ1n) is 6.49. The fourth-order valence-corrected chi connectivity index (χ4v) is 1.83. The molecule has 0 aliphatic heterocycles. The maximum atomic E-state index is 12.1. The molecule has 0 bridgehead atoms. The predicted molar refractivity (Wildman–Crippen MR) is 83.1 cm³/mol. The predicted octanol–water partition coefficient (Wildman–Crippen LogP) is 3.51. The molecule has 2 aromatic carbocycles. The zero-order valence-corrected chi connectivity index (χ0v) is 12.0. The first-order chi connectivity index (χ1) is 10.2. The van der Waals surface area contributed by atoms with Crippen molar-refractivity contribution in [2.75, 3.05) is 19.5 Å². The number of anilines is 1. The third-order valence-corrected chi connectivity index (χ3v) is 2.93. The van der Waals surface area contributed by atoms with Crippen LogP contribution in [0.15, 0.2) is 60.8 Å². The number of rotatable bonds is 6. The van der Waals surface area contributed by atoms with E-state index in [0.29, 0.717) is 17.1 Å². The number of ether oxygens (including phenoxy) is 2. The molecular formula is C17H17NO3. The van der Waals surface area contributed by atoms with Crippen LogP contribution in [-0.2, 0) is 0 Å². The van der Waals surface area contributed by atoms with Gasteiger partial charge in [0.05, 0.1) is 14.2 Å². The highest BCUT2D eigenvalue weighted by molar-refractivity contribution is 6.05. The number of nitrogens with one attached hydrogen (secondary N) is 1. The van der Waals surface area contributed by atoms with Crippen LogP contribution in [-0.4, -0.2) is 20.0 Å². The van der Waals surface area contributed by atoms with Crippen LogP contribution in [0.5, 0.6) is 11.5 Å². The lowest BCUT2D eigenvalue weighted by Crippen LogP contribution is -1.98. The van der Waals surface area contributed by atoms with E-state index in [9.17, 15) is 4.79 Å². The quantitative estimate of drug-likeness (QED) is 0.651. The Bertz CT molecular complexity index is 636. The molecule has 21 heavy (non-hydrogen) atoms. The molecule has 0 heterocycles. The highest BCUT2D eigenvalue weighted by Crippen LogP contribution is 2.27. The molecule has 0 saturated carbocycles. The second-order valence-corrected chi connectivity index (χ2v) is 4.28. The van der Waals surface area contributed by atoms with E-state index in [-0.39, 0.29) is 5.78 Å². The Morgan fingerprint density at radius 1 is 1.00 bits per heavy atom. The lowest BCUT2D eigenvalue weighted by atomic mass is 10.1. The van der Waals surface area contributed by atoms with Crippen LogP contribution >= 0.6 is 0 Å². The molecule has 0 aromatic heterocycles. The Labute approximate surface area is 124 Å². The van der Waals surface area contributed by atoms with Gasteiger partial charge in [-0.05, 0) is 30.3 Å². The summed E-state index contributed by atoms with van der Waals surface area (Å²) in [5, 5.41) is 3.04. The number of hydrogen-bond acceptors (Lipinski definition) is 4. The average molecular weight is 283 g/mol. The second kappa shape index (κ2) is 7.14. The zero-order chi connectivity index (χ0) is 15.1. The van der Waals surface area contributed by atoms with Crippen LogP contribution in [0.2, 0.25) is 0 Å². The largest absolute Gasteiger partial charge is 0.493 e. The van der Waals surface area contributed by atoms with E-state index < -0.39 is 0 Å². The van der Waals surface area contributed by atoms with Gasteiger partial charge in [-0.15, -0.1) is 0 Å². The van der Waals surface area contributed by atoms with Gasteiger partial charge in [-0.2, -0.15) is 0 Å². The van der Waals surface area contributed by atoms with Gasteiger partial charge in [0.15, 0.2) is 17.3 Å². The van der Waals surface area contributed by atoms with E-state index in [0.717, 1.165) is 5.69 Å². The third kappa shape index (κ3) is 3.86. The maximum Gasteiger partial charge on any atom is 0.187 e. The molecule has 0 aliphatic rings. The molecule has 0 spiro atoms. The smallest absolute Gasteiger partial charge is 0.187 e. The highest BCUT2D eigenvalue weighted by Gasteiger charge is 2.08. The first-order valence-corrected chi connectivity index (χ1v) is 6.49. The number of para-hydroxylation sites is 1. The molecule has 2 rings (SSSR count). The van der Waals surface area contributed by atoms with Crippen LogP contribution in [0, 0.1) is 0 Å². The minimum atomic E-state index is -0.112. The monoisotopic (exact) mass is 283 g/mol. The normalized spacial score (nSPS) is 10.4. The van der Waals surface area contributed by atoms with E-state index in [4.69, 9.17) is 9.47 Å². The zero-order valence-electron chi connectivity index (χ0n) is 12.0. The Hall–Kier alpha value is -2.75. The molecular weight excluding hydrogens is 266 g/mol. The number of ketones is 1. The summed E-state index contributed by atoms with van der Waals surface area (Å²) in [6.45, 7) is 0. The third-order valence-electron chi connectivity index (χ3n) is 2.93. The molecule has 0 aliphatic carbocycles. The standard InChI is InChI=1S/C17H17NO3/c1-20-16-9-8-13(12-17(16)21-2)15(19)10-11-18-14-6-4-3-5-7-14/h3-12,18H,1-2H3. The van der Waals surface area contributed by atoms with Gasteiger partial charge >= 0.3 is 0 Å². The van der Waals surface area contributed by atoms with Crippen LogP contribution in [0.3, 0.4) is 0 Å². The summed E-state index contributed by atoms with van der Waals surface area (Å²) < 4.78 is 10.3. The SMILES string of the molecule is COc1ccc(C(=O)C=CNc2ccccc2)cc1OC. The fraction of sp³-hybridized carbons (Fsp3) is 0.118. The number of hydrogen-bond donors (Lipinski definition) is 1. The maximum absolute atomic E-state index is 12.1. The second-order valence-electron chi connectivity index (χ2n) is 4.28. The van der Waals surface area contributed by atoms with Crippen molar-refractivity contribution in [3.8, 4) is 11.5 Å². The summed E-state index contributed by atoms with van der Waals surface area (Å²) in [4.78, 5) is 12.1. The molecule has 0 radical (unpaired) electrons. The van der Waals surface area contributed by atoms with Gasteiger partial charge in [0, 0.05) is 23.5 Å². The number of methoxy groups -OCH3 is 2. The molecule has 0 unspecified atom stereocenters. The molecule has 0 amide bonds. The molecule has 4 nitrogen and oxygen atoms in total. The van der Waals surface area contributed by atoms with Gasteiger partial charge in [0.1, 0.15) is 0 Å². The first kappa shape index (κ1) is 14.7. The molecule has 4 heteroatoms. The summed E-state index contributed by atoms with van der Waals surface area (Å²) in [6, 6.07) is 14.7. The Morgan fingerprint density at radius 2 is 1.71 bits per heavy atom. The molecule has 108 valence electrons. The van der Waals surface area contributed by atoms with Gasteiger partial charge in [-0.3, -0.25) is 4.79 Å². The number of carbonyl (C=O) groups is 1. The minimum Gasteiger partial charge on any atom is -0.493 e. The van der Waals surface area contributed by atoms with E-state index in [1.165, 1.54) is 6.08 Å². The highest BCUT2D eigenvalue weighted by atomic mass is 16.5. The average Bonchev–Trinajstić information content (AvgIpc) is 2.55. The molecule has 0 fully saturated rings. The van der Waals surface area contributed by atoms with E-state index in [1.807, 2.05) is 30.3 Å². The van der Waals surface area contributed by atoms with Gasteiger partial charge in [-0.25, -0.2) is 0 Å². The van der Waals surface area contributed by atoms with Crippen molar-refractivity contribution in [3.63, 3.8) is 0 Å². The van der Waals surface area contributed by atoms with Gasteiger partial charge in [0.2, 0.25) is 0 Å². The summed E-state index contributed by atoms with van der Waals surface area (Å²) in [5.41, 5.74) is 1.47. The Morgan fingerprint density at radius 3 is 2.38 bits per heavy atom. The van der Waals surface area contributed by atoms with Gasteiger partial charge < -0.3 is 14.8 Å². The van der Waals surface area contributed by atoms with E-state index >= 15 is 0 Å².